The van der Waals surface area contributed by atoms with Crippen LogP contribution in [-0.2, 0) is 0 Å². The van der Waals surface area contributed by atoms with Crippen LogP contribution in [0.4, 0.5) is 0 Å². The van der Waals surface area contributed by atoms with E-state index < -0.39 is 0 Å². The Morgan fingerprint density at radius 2 is 1.48 bits per heavy atom. The third kappa shape index (κ3) is 3.33. The summed E-state index contributed by atoms with van der Waals surface area (Å²) in [6.07, 6.45) is 2.67. The van der Waals surface area contributed by atoms with E-state index >= 15 is 0 Å². The molecular formula is C19H20O2. The van der Waals surface area contributed by atoms with Crippen molar-refractivity contribution >= 4 is 5.78 Å². The van der Waals surface area contributed by atoms with Gasteiger partial charge in [0.2, 0.25) is 0 Å². The fraction of sp³-hybridized carbons (Fsp3) is 0.316. The van der Waals surface area contributed by atoms with Gasteiger partial charge in [-0.15, -0.1) is 0 Å². The molecule has 0 atom stereocenters. The summed E-state index contributed by atoms with van der Waals surface area (Å²) in [5.41, 5.74) is 2.69. The van der Waals surface area contributed by atoms with Gasteiger partial charge in [0.25, 0.3) is 0 Å². The van der Waals surface area contributed by atoms with Crippen LogP contribution in [0, 0.1) is 0 Å². The summed E-state index contributed by atoms with van der Waals surface area (Å²) in [7, 11) is 0. The monoisotopic (exact) mass is 280 g/mol. The Bertz CT molecular complexity index is 620. The molecule has 1 aliphatic rings. The number of rotatable bonds is 5. The van der Waals surface area contributed by atoms with Crippen molar-refractivity contribution in [3.05, 3.63) is 65.2 Å². The van der Waals surface area contributed by atoms with E-state index in [4.69, 9.17) is 4.74 Å². The van der Waals surface area contributed by atoms with E-state index in [1.807, 2.05) is 48.5 Å². The largest absolute Gasteiger partial charge is 0.490 e. The molecule has 21 heavy (non-hydrogen) atoms. The second-order valence-corrected chi connectivity index (χ2v) is 5.95. The van der Waals surface area contributed by atoms with Crippen molar-refractivity contribution in [2.75, 3.05) is 0 Å². The Balaban J connectivity index is 1.74. The van der Waals surface area contributed by atoms with Crippen LogP contribution in [0.3, 0.4) is 0 Å². The van der Waals surface area contributed by atoms with Crippen molar-refractivity contribution in [2.45, 2.75) is 38.7 Å². The van der Waals surface area contributed by atoms with Gasteiger partial charge >= 0.3 is 0 Å². The lowest BCUT2D eigenvalue weighted by atomic mass is 9.98. The van der Waals surface area contributed by atoms with Crippen molar-refractivity contribution < 1.29 is 9.53 Å². The third-order valence-corrected chi connectivity index (χ3v) is 3.78. The van der Waals surface area contributed by atoms with Crippen LogP contribution in [0.2, 0.25) is 0 Å². The van der Waals surface area contributed by atoms with Crippen LogP contribution < -0.4 is 4.74 Å². The average Bonchev–Trinajstić information content (AvgIpc) is 3.31. The molecule has 0 aliphatic heterocycles. The second-order valence-electron chi connectivity index (χ2n) is 5.95. The lowest BCUT2D eigenvalue weighted by molar-refractivity contribution is 0.103. The molecule has 0 unspecified atom stereocenters. The maximum atomic E-state index is 12.4. The van der Waals surface area contributed by atoms with E-state index in [1.165, 1.54) is 5.56 Å². The molecule has 1 fully saturated rings. The maximum absolute atomic E-state index is 12.4. The van der Waals surface area contributed by atoms with E-state index in [0.29, 0.717) is 17.6 Å². The number of benzene rings is 2. The van der Waals surface area contributed by atoms with Gasteiger partial charge in [0, 0.05) is 11.1 Å². The molecule has 2 heteroatoms. The van der Waals surface area contributed by atoms with Crippen molar-refractivity contribution in [1.29, 1.82) is 0 Å². The summed E-state index contributed by atoms with van der Waals surface area (Å²) >= 11 is 0. The highest BCUT2D eigenvalue weighted by Crippen LogP contribution is 2.27. The molecule has 0 saturated heterocycles. The van der Waals surface area contributed by atoms with Crippen molar-refractivity contribution in [3.8, 4) is 5.75 Å². The van der Waals surface area contributed by atoms with Crippen LogP contribution in [0.25, 0.3) is 0 Å². The summed E-state index contributed by atoms with van der Waals surface area (Å²) < 4.78 is 5.70. The first-order valence-electron chi connectivity index (χ1n) is 7.55. The molecular weight excluding hydrogens is 260 g/mol. The maximum Gasteiger partial charge on any atom is 0.193 e. The molecule has 1 aliphatic carbocycles. The standard InChI is InChI=1S/C19H20O2/c1-13(2)14-3-5-15(6-4-14)19(20)16-7-9-17(10-8-16)21-18-11-12-18/h3-10,13,18H,11-12H2,1-2H3. The van der Waals surface area contributed by atoms with Crippen LogP contribution in [-0.4, -0.2) is 11.9 Å². The summed E-state index contributed by atoms with van der Waals surface area (Å²) in [5, 5.41) is 0. The molecule has 3 rings (SSSR count). The molecule has 0 bridgehead atoms. The van der Waals surface area contributed by atoms with Gasteiger partial charge in [0.1, 0.15) is 5.75 Å². The quantitative estimate of drug-likeness (QED) is 0.749. The molecule has 2 aromatic rings. The Morgan fingerprint density at radius 1 is 0.952 bits per heavy atom. The Hall–Kier alpha value is -2.09. The predicted octanol–water partition coefficient (Wildman–Crippen LogP) is 4.58. The Morgan fingerprint density at radius 3 is 1.95 bits per heavy atom. The molecule has 108 valence electrons. The number of ether oxygens (including phenoxy) is 1. The molecule has 2 nitrogen and oxygen atoms in total. The molecule has 0 heterocycles. The summed E-state index contributed by atoms with van der Waals surface area (Å²) in [4.78, 5) is 12.4. The highest BCUT2D eigenvalue weighted by molar-refractivity contribution is 6.09. The first kappa shape index (κ1) is 13.9. The molecule has 2 aromatic carbocycles. The van der Waals surface area contributed by atoms with Crippen molar-refractivity contribution in [2.24, 2.45) is 0 Å². The minimum Gasteiger partial charge on any atom is -0.490 e. The summed E-state index contributed by atoms with van der Waals surface area (Å²) in [6, 6.07) is 15.3. The van der Waals surface area contributed by atoms with E-state index in [1.54, 1.807) is 0 Å². The van der Waals surface area contributed by atoms with E-state index in [2.05, 4.69) is 13.8 Å². The summed E-state index contributed by atoms with van der Waals surface area (Å²) in [6.45, 7) is 4.30. The van der Waals surface area contributed by atoms with Gasteiger partial charge < -0.3 is 4.74 Å². The number of hydrogen-bond acceptors (Lipinski definition) is 2. The average molecular weight is 280 g/mol. The Labute approximate surface area is 125 Å². The second kappa shape index (κ2) is 5.72. The van der Waals surface area contributed by atoms with Crippen LogP contribution in [0.15, 0.2) is 48.5 Å². The van der Waals surface area contributed by atoms with E-state index in [9.17, 15) is 4.79 Å². The lowest BCUT2D eigenvalue weighted by Gasteiger charge is -2.07. The zero-order chi connectivity index (χ0) is 14.8. The fourth-order valence-electron chi connectivity index (χ4n) is 2.25. The molecule has 0 radical (unpaired) electrons. The normalized spacial score (nSPS) is 14.2. The van der Waals surface area contributed by atoms with E-state index in [-0.39, 0.29) is 5.78 Å². The lowest BCUT2D eigenvalue weighted by Crippen LogP contribution is -2.02. The zero-order valence-electron chi connectivity index (χ0n) is 12.5. The first-order chi connectivity index (χ1) is 10.1. The zero-order valence-corrected chi connectivity index (χ0v) is 12.5. The van der Waals surface area contributed by atoms with Crippen LogP contribution in [0.5, 0.6) is 5.75 Å². The number of carbonyl (C=O) groups is 1. The van der Waals surface area contributed by atoms with Gasteiger partial charge in [-0.05, 0) is 48.6 Å². The minimum absolute atomic E-state index is 0.0586. The SMILES string of the molecule is CC(C)c1ccc(C(=O)c2ccc(OC3CC3)cc2)cc1. The van der Waals surface area contributed by atoms with Crippen molar-refractivity contribution in [1.82, 2.24) is 0 Å². The molecule has 0 N–H and O–H groups in total. The number of carbonyl (C=O) groups excluding carboxylic acids is 1. The third-order valence-electron chi connectivity index (χ3n) is 3.78. The minimum atomic E-state index is 0.0586. The van der Waals surface area contributed by atoms with Gasteiger partial charge in [0.05, 0.1) is 6.10 Å². The highest BCUT2D eigenvalue weighted by Gasteiger charge is 2.23. The molecule has 0 aromatic heterocycles. The van der Waals surface area contributed by atoms with E-state index in [0.717, 1.165) is 24.2 Å². The predicted molar refractivity (Wildman–Crippen MR) is 84.1 cm³/mol. The number of hydrogen-bond donors (Lipinski definition) is 0. The van der Waals surface area contributed by atoms with Gasteiger partial charge in [0.15, 0.2) is 5.78 Å². The topological polar surface area (TPSA) is 26.3 Å². The highest BCUT2D eigenvalue weighted by atomic mass is 16.5. The molecule has 1 saturated carbocycles. The van der Waals surface area contributed by atoms with Crippen molar-refractivity contribution in [3.63, 3.8) is 0 Å². The molecule has 0 amide bonds. The van der Waals surface area contributed by atoms with Gasteiger partial charge in [-0.3, -0.25) is 4.79 Å². The first-order valence-corrected chi connectivity index (χ1v) is 7.55. The number of ketones is 1. The molecule has 0 spiro atoms. The fourth-order valence-corrected chi connectivity index (χ4v) is 2.25. The summed E-state index contributed by atoms with van der Waals surface area (Å²) in [5.74, 6) is 1.39. The van der Waals surface area contributed by atoms with Crippen LogP contribution >= 0.6 is 0 Å². The Kier molecular flexibility index (Phi) is 3.78. The van der Waals surface area contributed by atoms with Gasteiger partial charge in [-0.2, -0.15) is 0 Å². The smallest absolute Gasteiger partial charge is 0.193 e. The van der Waals surface area contributed by atoms with Crippen LogP contribution in [0.1, 0.15) is 54.1 Å². The van der Waals surface area contributed by atoms with Gasteiger partial charge in [-0.1, -0.05) is 38.1 Å². The van der Waals surface area contributed by atoms with Gasteiger partial charge in [-0.25, -0.2) is 0 Å².